The summed E-state index contributed by atoms with van der Waals surface area (Å²) < 4.78 is 0.971. The van der Waals surface area contributed by atoms with Gasteiger partial charge in [-0.05, 0) is 28.9 Å². The summed E-state index contributed by atoms with van der Waals surface area (Å²) in [6.07, 6.45) is 0. The molecule has 1 rings (SSSR count). The molecule has 0 saturated heterocycles. The van der Waals surface area contributed by atoms with E-state index in [4.69, 9.17) is 5.11 Å². The molecule has 1 aromatic heterocycles. The third-order valence-corrected chi connectivity index (χ3v) is 3.99. The topological polar surface area (TPSA) is 69.6 Å². The normalized spacial score (nSPS) is 11.9. The number of urea groups is 1. The number of hydrogen-bond donors (Lipinski definition) is 2. The molecule has 0 aliphatic carbocycles. The average molecular weight is 321 g/mol. The number of likely N-dealkylation sites (N-methyl/N-ethyl adjacent to an activating group) is 1. The molecule has 0 aliphatic rings. The van der Waals surface area contributed by atoms with Crippen molar-refractivity contribution < 1.29 is 14.7 Å². The average Bonchev–Trinajstić information content (AvgIpc) is 2.69. The SMILES string of the molecule is CC(C(=O)O)N(C)C(=O)NCc1cc(Br)cs1. The highest BCUT2D eigenvalue weighted by Gasteiger charge is 2.21. The van der Waals surface area contributed by atoms with Crippen molar-refractivity contribution in [2.24, 2.45) is 0 Å². The Morgan fingerprint density at radius 3 is 2.76 bits per heavy atom. The second-order valence-electron chi connectivity index (χ2n) is 3.52. The number of aliphatic carboxylic acids is 1. The Balaban J connectivity index is 2.47. The highest BCUT2D eigenvalue weighted by atomic mass is 79.9. The van der Waals surface area contributed by atoms with E-state index in [0.717, 1.165) is 14.2 Å². The van der Waals surface area contributed by atoms with Gasteiger partial charge < -0.3 is 15.3 Å². The van der Waals surface area contributed by atoms with E-state index in [0.29, 0.717) is 6.54 Å². The number of carbonyl (C=O) groups excluding carboxylic acids is 1. The zero-order valence-electron chi connectivity index (χ0n) is 9.44. The Morgan fingerprint density at radius 2 is 2.29 bits per heavy atom. The number of carboxylic acids is 1. The van der Waals surface area contributed by atoms with Gasteiger partial charge in [0.2, 0.25) is 0 Å². The molecule has 2 amide bonds. The van der Waals surface area contributed by atoms with Crippen molar-refractivity contribution >= 4 is 39.3 Å². The molecule has 5 nitrogen and oxygen atoms in total. The number of carboxylic acid groups (broad SMARTS) is 1. The first kappa shape index (κ1) is 14.0. The van der Waals surface area contributed by atoms with Gasteiger partial charge in [0.05, 0.1) is 6.54 Å². The number of nitrogens with zero attached hydrogens (tertiary/aromatic N) is 1. The summed E-state index contributed by atoms with van der Waals surface area (Å²) in [4.78, 5) is 24.5. The zero-order valence-corrected chi connectivity index (χ0v) is 11.8. The van der Waals surface area contributed by atoms with Crippen LogP contribution in [0.4, 0.5) is 4.79 Å². The van der Waals surface area contributed by atoms with Crippen LogP contribution in [0.2, 0.25) is 0 Å². The number of amides is 2. The van der Waals surface area contributed by atoms with Gasteiger partial charge in [-0.1, -0.05) is 0 Å². The molecule has 2 N–H and O–H groups in total. The minimum Gasteiger partial charge on any atom is -0.480 e. The van der Waals surface area contributed by atoms with Crippen LogP contribution in [0.25, 0.3) is 0 Å². The van der Waals surface area contributed by atoms with Crippen LogP contribution in [0.3, 0.4) is 0 Å². The van der Waals surface area contributed by atoms with Crippen LogP contribution in [0.1, 0.15) is 11.8 Å². The molecule has 0 saturated carbocycles. The van der Waals surface area contributed by atoms with E-state index in [2.05, 4.69) is 21.2 Å². The summed E-state index contributed by atoms with van der Waals surface area (Å²) in [5, 5.41) is 13.3. The molecule has 0 aliphatic heterocycles. The minimum atomic E-state index is -1.03. The standard InChI is InChI=1S/C10H13BrN2O3S/c1-6(9(14)15)13(2)10(16)12-4-8-3-7(11)5-17-8/h3,5-6H,4H2,1-2H3,(H,12,16)(H,14,15). The van der Waals surface area contributed by atoms with Crippen LogP contribution in [0.5, 0.6) is 0 Å². The van der Waals surface area contributed by atoms with Crippen molar-refractivity contribution in [3.05, 3.63) is 20.8 Å². The van der Waals surface area contributed by atoms with E-state index in [1.165, 1.54) is 25.3 Å². The predicted molar refractivity (Wildman–Crippen MR) is 69.1 cm³/mol. The molecule has 1 unspecified atom stereocenters. The van der Waals surface area contributed by atoms with Gasteiger partial charge in [0.25, 0.3) is 0 Å². The summed E-state index contributed by atoms with van der Waals surface area (Å²) in [7, 11) is 1.46. The Labute approximate surface area is 112 Å². The van der Waals surface area contributed by atoms with Crippen molar-refractivity contribution in [3.63, 3.8) is 0 Å². The van der Waals surface area contributed by atoms with E-state index in [-0.39, 0.29) is 0 Å². The fourth-order valence-corrected chi connectivity index (χ4v) is 2.47. The molecule has 94 valence electrons. The Morgan fingerprint density at radius 1 is 1.65 bits per heavy atom. The number of hydrogen-bond acceptors (Lipinski definition) is 3. The Bertz CT molecular complexity index is 421. The molecule has 1 atom stereocenters. The maximum atomic E-state index is 11.6. The van der Waals surface area contributed by atoms with E-state index in [1.54, 1.807) is 0 Å². The van der Waals surface area contributed by atoms with Crippen molar-refractivity contribution in [2.75, 3.05) is 7.05 Å². The lowest BCUT2D eigenvalue weighted by Gasteiger charge is -2.21. The first-order valence-corrected chi connectivity index (χ1v) is 6.55. The van der Waals surface area contributed by atoms with Crippen LogP contribution in [-0.2, 0) is 11.3 Å². The number of thiophene rings is 1. The second kappa shape index (κ2) is 6.02. The van der Waals surface area contributed by atoms with Crippen LogP contribution in [-0.4, -0.2) is 35.1 Å². The molecular formula is C10H13BrN2O3S. The van der Waals surface area contributed by atoms with Gasteiger partial charge >= 0.3 is 12.0 Å². The van der Waals surface area contributed by atoms with E-state index in [1.807, 2.05) is 11.4 Å². The summed E-state index contributed by atoms with van der Waals surface area (Å²) in [5.41, 5.74) is 0. The van der Waals surface area contributed by atoms with Gasteiger partial charge in [0.1, 0.15) is 6.04 Å². The van der Waals surface area contributed by atoms with Gasteiger partial charge in [-0.25, -0.2) is 9.59 Å². The van der Waals surface area contributed by atoms with Crippen LogP contribution in [0.15, 0.2) is 15.9 Å². The molecule has 7 heteroatoms. The summed E-state index contributed by atoms with van der Waals surface area (Å²) in [6, 6.07) is 0.667. The first-order chi connectivity index (χ1) is 7.91. The predicted octanol–water partition coefficient (Wildman–Crippen LogP) is 2.13. The molecular weight excluding hydrogens is 308 g/mol. The largest absolute Gasteiger partial charge is 0.480 e. The third-order valence-electron chi connectivity index (χ3n) is 2.29. The summed E-state index contributed by atoms with van der Waals surface area (Å²) in [5.74, 6) is -1.03. The summed E-state index contributed by atoms with van der Waals surface area (Å²) >= 11 is 4.84. The molecule has 17 heavy (non-hydrogen) atoms. The monoisotopic (exact) mass is 320 g/mol. The highest BCUT2D eigenvalue weighted by Crippen LogP contribution is 2.19. The number of carbonyl (C=O) groups is 2. The molecule has 0 spiro atoms. The fourth-order valence-electron chi connectivity index (χ4n) is 1.08. The molecule has 1 aromatic rings. The Hall–Kier alpha value is -1.08. The fraction of sp³-hybridized carbons (Fsp3) is 0.400. The molecule has 0 bridgehead atoms. The van der Waals surface area contributed by atoms with Crippen molar-refractivity contribution in [1.82, 2.24) is 10.2 Å². The van der Waals surface area contributed by atoms with Crippen molar-refractivity contribution in [1.29, 1.82) is 0 Å². The quantitative estimate of drug-likeness (QED) is 0.892. The number of halogens is 1. The van der Waals surface area contributed by atoms with Gasteiger partial charge in [-0.15, -0.1) is 11.3 Å². The van der Waals surface area contributed by atoms with Crippen molar-refractivity contribution in [2.45, 2.75) is 19.5 Å². The molecule has 1 heterocycles. The minimum absolute atomic E-state index is 0.395. The zero-order chi connectivity index (χ0) is 13.0. The first-order valence-electron chi connectivity index (χ1n) is 4.88. The second-order valence-corrected chi connectivity index (χ2v) is 5.43. The smallest absolute Gasteiger partial charge is 0.326 e. The Kier molecular flexibility index (Phi) is 4.95. The van der Waals surface area contributed by atoms with Gasteiger partial charge in [-0.2, -0.15) is 0 Å². The van der Waals surface area contributed by atoms with Crippen LogP contribution in [0, 0.1) is 0 Å². The van der Waals surface area contributed by atoms with E-state index in [9.17, 15) is 9.59 Å². The lowest BCUT2D eigenvalue weighted by Crippen LogP contribution is -2.45. The molecule has 0 radical (unpaired) electrons. The van der Waals surface area contributed by atoms with E-state index < -0.39 is 18.0 Å². The lowest BCUT2D eigenvalue weighted by molar-refractivity contribution is -0.141. The number of nitrogens with one attached hydrogen (secondary N) is 1. The third kappa shape index (κ3) is 4.01. The number of rotatable bonds is 4. The maximum absolute atomic E-state index is 11.6. The molecule has 0 fully saturated rings. The van der Waals surface area contributed by atoms with Gasteiger partial charge in [0, 0.05) is 21.8 Å². The lowest BCUT2D eigenvalue weighted by atomic mass is 10.3. The van der Waals surface area contributed by atoms with E-state index >= 15 is 0 Å². The summed E-state index contributed by atoms with van der Waals surface area (Å²) in [6.45, 7) is 1.86. The van der Waals surface area contributed by atoms with Crippen LogP contribution < -0.4 is 5.32 Å². The van der Waals surface area contributed by atoms with Gasteiger partial charge in [-0.3, -0.25) is 0 Å². The van der Waals surface area contributed by atoms with Crippen LogP contribution >= 0.6 is 27.3 Å². The molecule has 0 aromatic carbocycles. The maximum Gasteiger partial charge on any atom is 0.326 e. The highest BCUT2D eigenvalue weighted by molar-refractivity contribution is 9.10. The van der Waals surface area contributed by atoms with Gasteiger partial charge in [0.15, 0.2) is 0 Å². The van der Waals surface area contributed by atoms with Crippen molar-refractivity contribution in [3.8, 4) is 0 Å².